The van der Waals surface area contributed by atoms with E-state index in [9.17, 15) is 9.59 Å². The molecule has 0 unspecified atom stereocenters. The number of rotatable bonds is 10. The first-order chi connectivity index (χ1) is 15.1. The zero-order valence-corrected chi connectivity index (χ0v) is 17.8. The summed E-state index contributed by atoms with van der Waals surface area (Å²) < 4.78 is 11.4. The molecule has 4 nitrogen and oxygen atoms in total. The molecule has 0 bridgehead atoms. The van der Waals surface area contributed by atoms with E-state index < -0.39 is 17.4 Å². The van der Waals surface area contributed by atoms with Gasteiger partial charge in [0.25, 0.3) is 0 Å². The van der Waals surface area contributed by atoms with Crippen molar-refractivity contribution in [1.29, 1.82) is 0 Å². The fraction of sp³-hybridized carbons (Fsp3) is 0.259. The van der Waals surface area contributed by atoms with E-state index in [1.165, 1.54) is 0 Å². The monoisotopic (exact) mass is 416 g/mol. The standard InChI is InChI=1S/C27H28O4/c1-2-3-13-20-27(21-22-14-7-4-8-15-22,25(28)30-23-16-9-5-10-17-23)26(29)31-24-18-11-6-12-19-24/h4-12,14-19H,2-3,13,20-21H2,1H3. The van der Waals surface area contributed by atoms with Crippen LogP contribution in [-0.2, 0) is 16.0 Å². The van der Waals surface area contributed by atoms with Gasteiger partial charge in [-0.3, -0.25) is 9.59 Å². The van der Waals surface area contributed by atoms with Gasteiger partial charge in [0.15, 0.2) is 5.41 Å². The van der Waals surface area contributed by atoms with E-state index in [1.54, 1.807) is 48.5 Å². The van der Waals surface area contributed by atoms with Gasteiger partial charge in [0.05, 0.1) is 0 Å². The third-order valence-corrected chi connectivity index (χ3v) is 5.24. The summed E-state index contributed by atoms with van der Waals surface area (Å²) in [6.45, 7) is 2.09. The summed E-state index contributed by atoms with van der Waals surface area (Å²) in [5.41, 5.74) is -0.559. The molecular formula is C27H28O4. The van der Waals surface area contributed by atoms with Gasteiger partial charge in [0.1, 0.15) is 11.5 Å². The maximum Gasteiger partial charge on any atom is 0.329 e. The lowest BCUT2D eigenvalue weighted by Gasteiger charge is -2.29. The van der Waals surface area contributed by atoms with Gasteiger partial charge in [-0.1, -0.05) is 92.9 Å². The second-order valence-electron chi connectivity index (χ2n) is 7.61. The Balaban J connectivity index is 1.97. The Kier molecular flexibility index (Phi) is 7.99. The molecular weight excluding hydrogens is 388 g/mol. The predicted octanol–water partition coefficient (Wildman–Crippen LogP) is 6.01. The molecule has 3 aromatic carbocycles. The van der Waals surface area contributed by atoms with E-state index in [-0.39, 0.29) is 6.42 Å². The van der Waals surface area contributed by atoms with Crippen LogP contribution in [0.2, 0.25) is 0 Å². The van der Waals surface area contributed by atoms with Crippen LogP contribution < -0.4 is 9.47 Å². The highest BCUT2D eigenvalue weighted by Gasteiger charge is 2.49. The molecule has 0 spiro atoms. The largest absolute Gasteiger partial charge is 0.426 e. The molecule has 0 aliphatic heterocycles. The van der Waals surface area contributed by atoms with Crippen molar-refractivity contribution >= 4 is 11.9 Å². The second kappa shape index (κ2) is 11.1. The van der Waals surface area contributed by atoms with E-state index in [0.29, 0.717) is 17.9 Å². The van der Waals surface area contributed by atoms with Gasteiger partial charge >= 0.3 is 11.9 Å². The van der Waals surface area contributed by atoms with Crippen LogP contribution in [0.5, 0.6) is 11.5 Å². The van der Waals surface area contributed by atoms with Crippen molar-refractivity contribution in [2.24, 2.45) is 5.41 Å². The van der Waals surface area contributed by atoms with Gasteiger partial charge < -0.3 is 9.47 Å². The van der Waals surface area contributed by atoms with E-state index in [1.807, 2.05) is 42.5 Å². The number of ether oxygens (including phenoxy) is 2. The van der Waals surface area contributed by atoms with Gasteiger partial charge in [-0.2, -0.15) is 0 Å². The van der Waals surface area contributed by atoms with Crippen LogP contribution in [0.4, 0.5) is 0 Å². The minimum absolute atomic E-state index is 0.217. The molecule has 0 aliphatic carbocycles. The molecule has 160 valence electrons. The molecule has 0 aromatic heterocycles. The summed E-state index contributed by atoms with van der Waals surface area (Å²) >= 11 is 0. The van der Waals surface area contributed by atoms with Crippen molar-refractivity contribution < 1.29 is 19.1 Å². The van der Waals surface area contributed by atoms with Crippen LogP contribution in [-0.4, -0.2) is 11.9 Å². The Hall–Kier alpha value is -3.40. The molecule has 0 amide bonds. The van der Waals surface area contributed by atoms with Gasteiger partial charge in [-0.15, -0.1) is 0 Å². The second-order valence-corrected chi connectivity index (χ2v) is 7.61. The third-order valence-electron chi connectivity index (χ3n) is 5.24. The lowest BCUT2D eigenvalue weighted by molar-refractivity contribution is -0.162. The fourth-order valence-electron chi connectivity index (χ4n) is 3.53. The first kappa shape index (κ1) is 22.3. The van der Waals surface area contributed by atoms with Crippen molar-refractivity contribution in [3.63, 3.8) is 0 Å². The normalized spacial score (nSPS) is 11.0. The summed E-state index contributed by atoms with van der Waals surface area (Å²) in [6, 6.07) is 27.2. The zero-order chi connectivity index (χ0) is 21.9. The van der Waals surface area contributed by atoms with Crippen molar-refractivity contribution in [3.8, 4) is 11.5 Å². The van der Waals surface area contributed by atoms with Crippen LogP contribution in [0, 0.1) is 5.41 Å². The highest BCUT2D eigenvalue weighted by Crippen LogP contribution is 2.34. The number of carbonyl (C=O) groups is 2. The number of carbonyl (C=O) groups excluding carboxylic acids is 2. The van der Waals surface area contributed by atoms with Crippen LogP contribution >= 0.6 is 0 Å². The molecule has 4 heteroatoms. The summed E-state index contributed by atoms with van der Waals surface area (Å²) in [7, 11) is 0. The molecule has 3 aromatic rings. The average molecular weight is 417 g/mol. The summed E-state index contributed by atoms with van der Waals surface area (Å²) in [5, 5.41) is 0. The Bertz CT molecular complexity index is 899. The summed E-state index contributed by atoms with van der Waals surface area (Å²) in [4.78, 5) is 27.1. The van der Waals surface area contributed by atoms with E-state index in [0.717, 1.165) is 24.8 Å². The van der Waals surface area contributed by atoms with E-state index >= 15 is 0 Å². The minimum atomic E-state index is -1.44. The molecule has 0 atom stereocenters. The van der Waals surface area contributed by atoms with Gasteiger partial charge in [-0.05, 0) is 42.7 Å². The third kappa shape index (κ3) is 6.05. The first-order valence-electron chi connectivity index (χ1n) is 10.7. The smallest absolute Gasteiger partial charge is 0.329 e. The molecule has 0 fully saturated rings. The molecule has 31 heavy (non-hydrogen) atoms. The van der Waals surface area contributed by atoms with Crippen LogP contribution in [0.1, 0.15) is 38.2 Å². The van der Waals surface area contributed by atoms with E-state index in [4.69, 9.17) is 9.47 Å². The van der Waals surface area contributed by atoms with Crippen molar-refractivity contribution in [2.45, 2.75) is 39.0 Å². The molecule has 0 aliphatic rings. The Morgan fingerprint density at radius 2 is 1.13 bits per heavy atom. The van der Waals surface area contributed by atoms with Gasteiger partial charge in [-0.25, -0.2) is 0 Å². The van der Waals surface area contributed by atoms with Crippen LogP contribution in [0.3, 0.4) is 0 Å². The van der Waals surface area contributed by atoms with Crippen LogP contribution in [0.25, 0.3) is 0 Å². The number of hydrogen-bond donors (Lipinski definition) is 0. The van der Waals surface area contributed by atoms with Crippen molar-refractivity contribution in [3.05, 3.63) is 96.6 Å². The van der Waals surface area contributed by atoms with Crippen LogP contribution in [0.15, 0.2) is 91.0 Å². The van der Waals surface area contributed by atoms with E-state index in [2.05, 4.69) is 6.92 Å². The topological polar surface area (TPSA) is 52.6 Å². The number of para-hydroxylation sites is 2. The molecule has 0 radical (unpaired) electrons. The minimum Gasteiger partial charge on any atom is -0.426 e. The Morgan fingerprint density at radius 1 is 0.677 bits per heavy atom. The average Bonchev–Trinajstić information content (AvgIpc) is 2.80. The quantitative estimate of drug-likeness (QED) is 0.176. The zero-order valence-electron chi connectivity index (χ0n) is 17.8. The maximum atomic E-state index is 13.5. The lowest BCUT2D eigenvalue weighted by atomic mass is 9.77. The molecule has 0 saturated carbocycles. The molecule has 0 heterocycles. The predicted molar refractivity (Wildman–Crippen MR) is 121 cm³/mol. The molecule has 0 saturated heterocycles. The van der Waals surface area contributed by atoms with Crippen molar-refractivity contribution in [1.82, 2.24) is 0 Å². The maximum absolute atomic E-state index is 13.5. The highest BCUT2D eigenvalue weighted by molar-refractivity contribution is 6.02. The van der Waals surface area contributed by atoms with Crippen molar-refractivity contribution in [2.75, 3.05) is 0 Å². The SMILES string of the molecule is CCCCCC(Cc1ccccc1)(C(=O)Oc1ccccc1)C(=O)Oc1ccccc1. The molecule has 3 rings (SSSR count). The van der Waals surface area contributed by atoms with Gasteiger partial charge in [0, 0.05) is 0 Å². The number of unbranched alkanes of at least 4 members (excludes halogenated alkanes) is 2. The number of hydrogen-bond acceptors (Lipinski definition) is 4. The Labute approximate surface area is 183 Å². The molecule has 0 N–H and O–H groups in total. The Morgan fingerprint density at radius 3 is 1.58 bits per heavy atom. The number of esters is 2. The number of benzene rings is 3. The first-order valence-corrected chi connectivity index (χ1v) is 10.7. The fourth-order valence-corrected chi connectivity index (χ4v) is 3.53. The summed E-state index contributed by atoms with van der Waals surface area (Å²) in [6.07, 6.45) is 3.18. The van der Waals surface area contributed by atoms with Gasteiger partial charge in [0.2, 0.25) is 0 Å². The summed E-state index contributed by atoms with van der Waals surface area (Å²) in [5.74, 6) is -0.347. The lowest BCUT2D eigenvalue weighted by Crippen LogP contribution is -2.46. The highest BCUT2D eigenvalue weighted by atomic mass is 16.6.